The number of aliphatic hydroxyl groups is 4. The van der Waals surface area contributed by atoms with E-state index in [9.17, 15) is 30.0 Å². The van der Waals surface area contributed by atoms with Crippen LogP contribution in [-0.2, 0) is 40.2 Å². The van der Waals surface area contributed by atoms with Crippen molar-refractivity contribution in [2.45, 2.75) is 114 Å². The molecule has 5 rings (SSSR count). The van der Waals surface area contributed by atoms with Crippen molar-refractivity contribution < 1.29 is 54.0 Å². The molecule has 10 unspecified atom stereocenters. The Kier molecular flexibility index (Phi) is 11.6. The maximum absolute atomic E-state index is 14.7. The molecule has 1 saturated heterocycles. The number of aliphatic hydroxyl groups excluding tert-OH is 2. The number of esters is 1. The summed E-state index contributed by atoms with van der Waals surface area (Å²) < 4.78 is 17.4. The summed E-state index contributed by atoms with van der Waals surface area (Å²) in [6.07, 6.45) is -6.97. The van der Waals surface area contributed by atoms with E-state index in [0.717, 1.165) is 5.56 Å². The first-order valence-corrected chi connectivity index (χ1v) is 17.5. The predicted octanol–water partition coefficient (Wildman–Crippen LogP) is 3.11. The van der Waals surface area contributed by atoms with Crippen LogP contribution in [0.5, 0.6) is 0 Å². The van der Waals surface area contributed by atoms with Crippen LogP contribution in [0.15, 0.2) is 71.8 Å². The van der Waals surface area contributed by atoms with Gasteiger partial charge in [-0.2, -0.15) is 0 Å². The quantitative estimate of drug-likeness (QED) is 0.0841. The summed E-state index contributed by atoms with van der Waals surface area (Å²) in [5, 5.41) is 49.4. The predicted molar refractivity (Wildman–Crippen MR) is 186 cm³/mol. The second-order valence-electron chi connectivity index (χ2n) is 15.1. The first kappa shape index (κ1) is 39.2. The molecule has 12 heteroatoms. The van der Waals surface area contributed by atoms with Crippen LogP contribution in [0.3, 0.4) is 0 Å². The van der Waals surface area contributed by atoms with Gasteiger partial charge in [0.15, 0.2) is 11.9 Å². The molecule has 5 N–H and O–H groups in total. The number of hydrogen-bond donors (Lipinski definition) is 5. The Hall–Kier alpha value is -3.04. The van der Waals surface area contributed by atoms with Gasteiger partial charge in [-0.15, -0.1) is 0 Å². The molecule has 0 aromatic heterocycles. The van der Waals surface area contributed by atoms with Crippen molar-refractivity contribution in [2.24, 2.45) is 10.8 Å². The highest BCUT2D eigenvalue weighted by Crippen LogP contribution is 2.55. The molecule has 1 saturated carbocycles. The van der Waals surface area contributed by atoms with Crippen LogP contribution in [-0.4, -0.2) is 101 Å². The number of methoxy groups -OCH3 is 1. The summed E-state index contributed by atoms with van der Waals surface area (Å²) in [5.41, 5.74) is -3.52. The Labute approximate surface area is 299 Å². The van der Waals surface area contributed by atoms with Crippen molar-refractivity contribution in [3.05, 3.63) is 82.9 Å². The second-order valence-corrected chi connectivity index (χ2v) is 15.1. The minimum atomic E-state index is -1.83. The lowest BCUT2D eigenvalue weighted by Gasteiger charge is -2.57. The normalized spacial score (nSPS) is 32.6. The number of fused-ring (bicyclic) bond motifs is 1. The second kappa shape index (κ2) is 15.1. The Balaban J connectivity index is 1.51. The molecule has 0 spiro atoms. The van der Waals surface area contributed by atoms with Crippen molar-refractivity contribution in [3.8, 4) is 0 Å². The van der Waals surface area contributed by atoms with E-state index >= 15 is 0 Å². The van der Waals surface area contributed by atoms with Gasteiger partial charge in [0.1, 0.15) is 36.1 Å². The fourth-order valence-electron chi connectivity index (χ4n) is 8.27. The third-order valence-electron chi connectivity index (χ3n) is 11.7. The standard InChI is InChI=1S/C39H53NO11/c1-23-27(50-35(44)32(42)31(40-6)26-16-12-9-13-17-26)19-39(46,24(2)51-49-20-25-14-10-8-11-15-25)36(3,4)30(23)33(47-7)34(43)37(5)21-38(45)22-48-29(38)18-28(37)41/h8-17,24,27-29,31-33,40-42,45-46H,18-22H2,1-7H3. The molecule has 0 radical (unpaired) electrons. The third kappa shape index (κ3) is 7.18. The maximum Gasteiger partial charge on any atom is 0.337 e. The van der Waals surface area contributed by atoms with Crippen LogP contribution in [0.2, 0.25) is 0 Å². The van der Waals surface area contributed by atoms with Gasteiger partial charge < -0.3 is 40.0 Å². The Morgan fingerprint density at radius 2 is 1.67 bits per heavy atom. The molecular weight excluding hydrogens is 658 g/mol. The van der Waals surface area contributed by atoms with E-state index in [1.54, 1.807) is 65.9 Å². The number of hydrogen-bond acceptors (Lipinski definition) is 12. The van der Waals surface area contributed by atoms with E-state index in [1.165, 1.54) is 7.11 Å². The van der Waals surface area contributed by atoms with Crippen molar-refractivity contribution in [1.29, 1.82) is 0 Å². The van der Waals surface area contributed by atoms with Gasteiger partial charge >= 0.3 is 5.97 Å². The summed E-state index contributed by atoms with van der Waals surface area (Å²) in [4.78, 5) is 39.8. The van der Waals surface area contributed by atoms with E-state index in [2.05, 4.69) is 5.32 Å². The van der Waals surface area contributed by atoms with E-state index in [0.29, 0.717) is 16.7 Å². The lowest BCUT2D eigenvalue weighted by Crippen LogP contribution is -2.69. The fourth-order valence-corrected chi connectivity index (χ4v) is 8.27. The van der Waals surface area contributed by atoms with Crippen LogP contribution < -0.4 is 5.32 Å². The van der Waals surface area contributed by atoms with Crippen molar-refractivity contribution in [3.63, 3.8) is 0 Å². The summed E-state index contributed by atoms with van der Waals surface area (Å²) in [6, 6.07) is 17.5. The molecule has 10 atom stereocenters. The molecule has 280 valence electrons. The average Bonchev–Trinajstić information content (AvgIpc) is 3.11. The molecule has 0 amide bonds. The van der Waals surface area contributed by atoms with E-state index in [1.807, 2.05) is 36.4 Å². The number of carbonyl (C=O) groups excluding carboxylic acids is 2. The zero-order valence-electron chi connectivity index (χ0n) is 30.5. The number of nitrogens with one attached hydrogen (secondary N) is 1. The van der Waals surface area contributed by atoms with Gasteiger partial charge in [-0.3, -0.25) is 4.79 Å². The van der Waals surface area contributed by atoms with E-state index < -0.39 is 76.5 Å². The molecular formula is C39H53NO11. The molecule has 0 bridgehead atoms. The van der Waals surface area contributed by atoms with Crippen LogP contribution in [0, 0.1) is 10.8 Å². The summed E-state index contributed by atoms with van der Waals surface area (Å²) in [7, 11) is 2.98. The average molecular weight is 712 g/mol. The van der Waals surface area contributed by atoms with Gasteiger partial charge in [0.25, 0.3) is 0 Å². The summed E-state index contributed by atoms with van der Waals surface area (Å²) >= 11 is 0. The van der Waals surface area contributed by atoms with E-state index in [4.69, 9.17) is 24.0 Å². The minimum absolute atomic E-state index is 0.0483. The van der Waals surface area contributed by atoms with Crippen molar-refractivity contribution in [1.82, 2.24) is 5.32 Å². The molecule has 2 fully saturated rings. The monoisotopic (exact) mass is 711 g/mol. The topological polar surface area (TPSA) is 173 Å². The lowest BCUT2D eigenvalue weighted by molar-refractivity contribution is -0.366. The SMILES string of the molecule is CNC(c1ccccc1)C(O)C(=O)OC1CC(O)(C(C)OOCc2ccccc2)C(C)(C)C(C(OC)C(=O)C2(C)CC3(O)COC3CC2O)=C1C. The number of benzene rings is 2. The van der Waals surface area contributed by atoms with Gasteiger partial charge in [-0.1, -0.05) is 74.5 Å². The largest absolute Gasteiger partial charge is 0.456 e. The Bertz CT molecular complexity index is 1570. The smallest absolute Gasteiger partial charge is 0.337 e. The van der Waals surface area contributed by atoms with Crippen LogP contribution in [0.1, 0.15) is 71.0 Å². The molecule has 2 aromatic rings. The van der Waals surface area contributed by atoms with Gasteiger partial charge in [0, 0.05) is 25.4 Å². The van der Waals surface area contributed by atoms with E-state index in [-0.39, 0.29) is 32.5 Å². The molecule has 51 heavy (non-hydrogen) atoms. The highest BCUT2D eigenvalue weighted by atomic mass is 17.2. The van der Waals surface area contributed by atoms with Crippen LogP contribution in [0.4, 0.5) is 0 Å². The van der Waals surface area contributed by atoms with Crippen molar-refractivity contribution in [2.75, 3.05) is 20.8 Å². The highest BCUT2D eigenvalue weighted by Gasteiger charge is 2.64. The first-order valence-electron chi connectivity index (χ1n) is 17.5. The Morgan fingerprint density at radius 1 is 1.04 bits per heavy atom. The highest BCUT2D eigenvalue weighted by molar-refractivity contribution is 5.92. The minimum Gasteiger partial charge on any atom is -0.456 e. The van der Waals surface area contributed by atoms with Crippen LogP contribution >= 0.6 is 0 Å². The Morgan fingerprint density at radius 3 is 2.24 bits per heavy atom. The van der Waals surface area contributed by atoms with Crippen molar-refractivity contribution >= 4 is 11.8 Å². The molecule has 2 aliphatic carbocycles. The number of rotatable bonds is 14. The molecule has 2 aromatic carbocycles. The number of carbonyl (C=O) groups is 2. The number of ketones is 1. The number of Topliss-reactive ketones (excluding diaryl/α,β-unsaturated/α-hetero) is 1. The molecule has 3 aliphatic rings. The maximum atomic E-state index is 14.7. The lowest BCUT2D eigenvalue weighted by atomic mass is 9.55. The van der Waals surface area contributed by atoms with Crippen LogP contribution in [0.25, 0.3) is 0 Å². The van der Waals surface area contributed by atoms with Gasteiger partial charge in [0.05, 0.1) is 30.3 Å². The zero-order chi connectivity index (χ0) is 37.4. The molecule has 1 aliphatic heterocycles. The number of likely N-dealkylation sites (N-methyl/N-ethyl adjacent to an activating group) is 1. The summed E-state index contributed by atoms with van der Waals surface area (Å²) in [5.74, 6) is -1.44. The first-order chi connectivity index (χ1) is 24.0. The van der Waals surface area contributed by atoms with Gasteiger partial charge in [-0.05, 0) is 56.5 Å². The van der Waals surface area contributed by atoms with Gasteiger partial charge in [-0.25, -0.2) is 14.6 Å². The molecule has 1 heterocycles. The fraction of sp³-hybridized carbons (Fsp3) is 0.590. The third-order valence-corrected chi connectivity index (χ3v) is 11.7. The number of ether oxygens (including phenoxy) is 3. The zero-order valence-corrected chi connectivity index (χ0v) is 30.5. The summed E-state index contributed by atoms with van der Waals surface area (Å²) in [6.45, 7) is 8.60. The molecule has 12 nitrogen and oxygen atoms in total. The van der Waals surface area contributed by atoms with Gasteiger partial charge in [0.2, 0.25) is 0 Å².